The minimum absolute atomic E-state index is 0.215. The van der Waals surface area contributed by atoms with Crippen LogP contribution in [0.5, 0.6) is 0 Å². The summed E-state index contributed by atoms with van der Waals surface area (Å²) in [5, 5.41) is 0. The van der Waals surface area contributed by atoms with Crippen LogP contribution in [-0.4, -0.2) is 12.8 Å². The van der Waals surface area contributed by atoms with Gasteiger partial charge in [0.05, 0.1) is 17.9 Å². The third-order valence-corrected chi connectivity index (χ3v) is 2.81. The third-order valence-electron chi connectivity index (χ3n) is 2.81. The molecule has 1 aliphatic heterocycles. The fourth-order valence-corrected chi connectivity index (χ4v) is 1.99. The first kappa shape index (κ1) is 10.0. The molecule has 0 aliphatic carbocycles. The van der Waals surface area contributed by atoms with Gasteiger partial charge in [-0.05, 0) is 36.4 Å². The molecule has 1 heterocycles. The fourth-order valence-electron chi connectivity index (χ4n) is 1.99. The Kier molecular flexibility index (Phi) is 2.37. The molecule has 0 spiro atoms. The zero-order chi connectivity index (χ0) is 11.7. The molecule has 3 heteroatoms. The van der Waals surface area contributed by atoms with Crippen molar-refractivity contribution in [1.82, 2.24) is 0 Å². The Labute approximate surface area is 99.0 Å². The van der Waals surface area contributed by atoms with Crippen LogP contribution in [0.4, 0.5) is 21.5 Å². The van der Waals surface area contributed by atoms with Crippen molar-refractivity contribution in [2.75, 3.05) is 11.4 Å². The van der Waals surface area contributed by atoms with Crippen LogP contribution in [0.15, 0.2) is 53.5 Å². The lowest BCUT2D eigenvalue weighted by Gasteiger charge is -2.27. The molecule has 2 nitrogen and oxygen atoms in total. The molecular weight excluding hydrogens is 215 g/mol. The first-order valence-corrected chi connectivity index (χ1v) is 5.49. The third kappa shape index (κ3) is 1.80. The van der Waals surface area contributed by atoms with Crippen LogP contribution in [-0.2, 0) is 0 Å². The summed E-state index contributed by atoms with van der Waals surface area (Å²) in [5.74, 6) is -0.215. The van der Waals surface area contributed by atoms with Gasteiger partial charge in [-0.1, -0.05) is 12.1 Å². The van der Waals surface area contributed by atoms with E-state index in [2.05, 4.69) is 9.89 Å². The number of anilines is 2. The van der Waals surface area contributed by atoms with Crippen molar-refractivity contribution < 1.29 is 4.39 Å². The summed E-state index contributed by atoms with van der Waals surface area (Å²) in [6.45, 7) is 0.711. The number of fused-ring (bicyclic) bond motifs is 1. The minimum atomic E-state index is -0.215. The molecule has 0 bridgehead atoms. The fraction of sp³-hybridized carbons (Fsp3) is 0.0714. The molecule has 0 unspecified atom stereocenters. The maximum absolute atomic E-state index is 12.9. The standard InChI is InChI=1S/C14H11FN2/c15-11-5-7-12(8-6-11)17-10-9-16-13-3-1-2-4-14(13)17/h1-9H,10H2. The van der Waals surface area contributed by atoms with E-state index in [-0.39, 0.29) is 5.82 Å². The molecule has 0 fully saturated rings. The second-order valence-electron chi connectivity index (χ2n) is 3.89. The average Bonchev–Trinajstić information content (AvgIpc) is 2.39. The number of benzene rings is 2. The summed E-state index contributed by atoms with van der Waals surface area (Å²) in [6.07, 6.45) is 1.87. The highest BCUT2D eigenvalue weighted by Gasteiger charge is 2.14. The maximum Gasteiger partial charge on any atom is 0.123 e. The molecule has 2 aromatic rings. The number of rotatable bonds is 1. The minimum Gasteiger partial charge on any atom is -0.334 e. The SMILES string of the molecule is Fc1ccc(N2CC=Nc3ccccc32)cc1. The van der Waals surface area contributed by atoms with Gasteiger partial charge in [-0.15, -0.1) is 0 Å². The topological polar surface area (TPSA) is 15.6 Å². The van der Waals surface area contributed by atoms with Crippen molar-refractivity contribution in [1.29, 1.82) is 0 Å². The van der Waals surface area contributed by atoms with Gasteiger partial charge in [0.15, 0.2) is 0 Å². The predicted octanol–water partition coefficient (Wildman–Crippen LogP) is 3.68. The van der Waals surface area contributed by atoms with E-state index in [0.717, 1.165) is 17.1 Å². The first-order valence-electron chi connectivity index (χ1n) is 5.49. The Balaban J connectivity index is 2.05. The lowest BCUT2D eigenvalue weighted by Crippen LogP contribution is -2.21. The van der Waals surface area contributed by atoms with E-state index in [1.54, 1.807) is 12.1 Å². The maximum atomic E-state index is 12.9. The van der Waals surface area contributed by atoms with Gasteiger partial charge in [0.2, 0.25) is 0 Å². The predicted molar refractivity (Wildman–Crippen MR) is 68.0 cm³/mol. The summed E-state index contributed by atoms with van der Waals surface area (Å²) in [7, 11) is 0. The van der Waals surface area contributed by atoms with Crippen molar-refractivity contribution >= 4 is 23.3 Å². The highest BCUT2D eigenvalue weighted by atomic mass is 19.1. The summed E-state index contributed by atoms with van der Waals surface area (Å²) in [5.41, 5.74) is 2.98. The van der Waals surface area contributed by atoms with E-state index in [1.807, 2.05) is 30.5 Å². The summed E-state index contributed by atoms with van der Waals surface area (Å²) in [4.78, 5) is 6.46. The zero-order valence-electron chi connectivity index (χ0n) is 9.18. The Morgan fingerprint density at radius 1 is 1.00 bits per heavy atom. The summed E-state index contributed by atoms with van der Waals surface area (Å²) < 4.78 is 12.9. The Bertz CT molecular complexity index is 561. The van der Waals surface area contributed by atoms with E-state index in [0.29, 0.717) is 6.54 Å². The van der Waals surface area contributed by atoms with Crippen molar-refractivity contribution in [3.63, 3.8) is 0 Å². The number of para-hydroxylation sites is 2. The molecule has 3 rings (SSSR count). The Morgan fingerprint density at radius 2 is 1.76 bits per heavy atom. The van der Waals surface area contributed by atoms with Gasteiger partial charge >= 0.3 is 0 Å². The van der Waals surface area contributed by atoms with Crippen molar-refractivity contribution in [2.24, 2.45) is 4.99 Å². The quantitative estimate of drug-likeness (QED) is 0.724. The molecule has 0 saturated heterocycles. The number of hydrogen-bond donors (Lipinski definition) is 0. The van der Waals surface area contributed by atoms with Crippen LogP contribution in [0.25, 0.3) is 0 Å². The number of hydrogen-bond acceptors (Lipinski definition) is 2. The van der Waals surface area contributed by atoms with Crippen LogP contribution in [0, 0.1) is 5.82 Å². The Hall–Kier alpha value is -2.16. The molecule has 0 aromatic heterocycles. The Morgan fingerprint density at radius 3 is 2.59 bits per heavy atom. The lowest BCUT2D eigenvalue weighted by atomic mass is 10.2. The van der Waals surface area contributed by atoms with E-state index < -0.39 is 0 Å². The van der Waals surface area contributed by atoms with E-state index in [9.17, 15) is 4.39 Å². The van der Waals surface area contributed by atoms with Crippen LogP contribution < -0.4 is 4.90 Å². The summed E-state index contributed by atoms with van der Waals surface area (Å²) >= 11 is 0. The number of nitrogens with zero attached hydrogens (tertiary/aromatic N) is 2. The molecule has 0 radical (unpaired) electrons. The zero-order valence-corrected chi connectivity index (χ0v) is 9.18. The molecule has 1 aliphatic rings. The molecule has 0 saturated carbocycles. The molecule has 84 valence electrons. The normalized spacial score (nSPS) is 13.6. The van der Waals surface area contributed by atoms with Gasteiger partial charge < -0.3 is 4.90 Å². The second-order valence-corrected chi connectivity index (χ2v) is 3.89. The molecule has 17 heavy (non-hydrogen) atoms. The smallest absolute Gasteiger partial charge is 0.123 e. The number of aliphatic imine (C=N–C) groups is 1. The molecule has 2 aromatic carbocycles. The van der Waals surface area contributed by atoms with Crippen LogP contribution >= 0.6 is 0 Å². The molecule has 0 amide bonds. The van der Waals surface area contributed by atoms with Gasteiger partial charge in [0, 0.05) is 11.9 Å². The molecular formula is C14H11FN2. The highest BCUT2D eigenvalue weighted by molar-refractivity contribution is 5.86. The van der Waals surface area contributed by atoms with Crippen molar-refractivity contribution in [3.8, 4) is 0 Å². The first-order chi connectivity index (χ1) is 8.34. The van der Waals surface area contributed by atoms with Crippen molar-refractivity contribution in [2.45, 2.75) is 0 Å². The van der Waals surface area contributed by atoms with Crippen LogP contribution in [0.3, 0.4) is 0 Å². The largest absolute Gasteiger partial charge is 0.334 e. The van der Waals surface area contributed by atoms with Gasteiger partial charge in [-0.2, -0.15) is 0 Å². The summed E-state index contributed by atoms with van der Waals surface area (Å²) in [6, 6.07) is 14.5. The lowest BCUT2D eigenvalue weighted by molar-refractivity contribution is 0.628. The van der Waals surface area contributed by atoms with Crippen LogP contribution in [0.1, 0.15) is 0 Å². The van der Waals surface area contributed by atoms with E-state index in [1.165, 1.54) is 12.1 Å². The van der Waals surface area contributed by atoms with Gasteiger partial charge in [-0.3, -0.25) is 4.99 Å². The van der Waals surface area contributed by atoms with E-state index >= 15 is 0 Å². The van der Waals surface area contributed by atoms with Crippen LogP contribution in [0.2, 0.25) is 0 Å². The highest BCUT2D eigenvalue weighted by Crippen LogP contribution is 2.35. The van der Waals surface area contributed by atoms with Crippen molar-refractivity contribution in [3.05, 3.63) is 54.3 Å². The molecule has 0 N–H and O–H groups in total. The number of halogens is 1. The monoisotopic (exact) mass is 226 g/mol. The van der Waals surface area contributed by atoms with E-state index in [4.69, 9.17) is 0 Å². The average molecular weight is 226 g/mol. The van der Waals surface area contributed by atoms with Gasteiger partial charge in [0.25, 0.3) is 0 Å². The van der Waals surface area contributed by atoms with Gasteiger partial charge in [0.1, 0.15) is 5.82 Å². The molecule has 0 atom stereocenters. The van der Waals surface area contributed by atoms with Gasteiger partial charge in [-0.25, -0.2) is 4.39 Å². The second kappa shape index (κ2) is 4.01.